The van der Waals surface area contributed by atoms with Crippen LogP contribution >= 0.6 is 0 Å². The van der Waals surface area contributed by atoms with Crippen LogP contribution in [0.1, 0.15) is 0 Å². The van der Waals surface area contributed by atoms with Crippen LogP contribution in [0.4, 0.5) is 0 Å². The molecule has 0 radical (unpaired) electrons. The first kappa shape index (κ1) is 9.34. The van der Waals surface area contributed by atoms with Crippen molar-refractivity contribution in [2.45, 2.75) is 18.3 Å². The molecule has 0 heterocycles. The van der Waals surface area contributed by atoms with E-state index < -0.39 is 30.7 Å². The number of rotatable bonds is 1. The predicted octanol–water partition coefficient (Wildman–Crippen LogP) is -2.43. The summed E-state index contributed by atoms with van der Waals surface area (Å²) in [6.45, 7) is -0.542. The highest BCUT2D eigenvalue weighted by Gasteiger charge is 2.35. The van der Waals surface area contributed by atoms with Crippen molar-refractivity contribution in [2.75, 3.05) is 6.61 Å². The van der Waals surface area contributed by atoms with E-state index in [0.717, 1.165) is 6.08 Å². The molecule has 0 aromatic carbocycles. The molecule has 1 aliphatic rings. The van der Waals surface area contributed by atoms with Crippen molar-refractivity contribution in [1.29, 1.82) is 0 Å². The van der Waals surface area contributed by atoms with Gasteiger partial charge in [-0.25, -0.2) is 0 Å². The molecular formula is C7H10O5. The molecule has 0 amide bonds. The van der Waals surface area contributed by atoms with E-state index in [4.69, 9.17) is 20.4 Å². The Morgan fingerprint density at radius 2 is 1.92 bits per heavy atom. The van der Waals surface area contributed by atoms with E-state index in [0.29, 0.717) is 0 Å². The van der Waals surface area contributed by atoms with Gasteiger partial charge in [0.05, 0.1) is 6.61 Å². The molecule has 5 nitrogen and oxygen atoms in total. The third kappa shape index (κ3) is 1.39. The van der Waals surface area contributed by atoms with Crippen LogP contribution in [0.5, 0.6) is 0 Å². The molecule has 0 aromatic rings. The number of aliphatic hydroxyl groups excluding tert-OH is 4. The third-order valence-corrected chi connectivity index (χ3v) is 1.80. The summed E-state index contributed by atoms with van der Waals surface area (Å²) in [4.78, 5) is 11.0. The number of hydrogen-bond acceptors (Lipinski definition) is 5. The highest BCUT2D eigenvalue weighted by atomic mass is 16.4. The molecular weight excluding hydrogens is 169 g/mol. The molecule has 4 N–H and O–H groups in total. The fraction of sp³-hybridized carbons (Fsp3) is 0.571. The number of carbonyl (C=O) groups excluding carboxylic acids is 1. The van der Waals surface area contributed by atoms with Crippen molar-refractivity contribution < 1.29 is 25.2 Å². The molecule has 0 bridgehead atoms. The summed E-state index contributed by atoms with van der Waals surface area (Å²) >= 11 is 0. The Morgan fingerprint density at radius 1 is 1.33 bits per heavy atom. The smallest absolute Gasteiger partial charge is 0.192 e. The summed E-state index contributed by atoms with van der Waals surface area (Å²) < 4.78 is 0. The average Bonchev–Trinajstić information content (AvgIpc) is 2.08. The highest BCUT2D eigenvalue weighted by Crippen LogP contribution is 2.15. The topological polar surface area (TPSA) is 98.0 Å². The summed E-state index contributed by atoms with van der Waals surface area (Å²) in [6.07, 6.45) is -3.38. The van der Waals surface area contributed by atoms with Gasteiger partial charge >= 0.3 is 0 Å². The third-order valence-electron chi connectivity index (χ3n) is 1.80. The van der Waals surface area contributed by atoms with Crippen LogP contribution in [0, 0.1) is 0 Å². The maximum absolute atomic E-state index is 11.0. The van der Waals surface area contributed by atoms with Crippen LogP contribution in [0.25, 0.3) is 0 Å². The second-order valence-corrected chi connectivity index (χ2v) is 2.64. The Bertz CT molecular complexity index is 222. The Balaban J connectivity index is 2.92. The van der Waals surface area contributed by atoms with Crippen LogP contribution in [-0.2, 0) is 4.79 Å². The minimum absolute atomic E-state index is 0.0692. The van der Waals surface area contributed by atoms with Crippen LogP contribution in [-0.4, -0.2) is 51.1 Å². The molecule has 1 aliphatic carbocycles. The van der Waals surface area contributed by atoms with Crippen molar-refractivity contribution >= 4 is 5.78 Å². The lowest BCUT2D eigenvalue weighted by Gasteiger charge is -2.25. The zero-order chi connectivity index (χ0) is 9.30. The van der Waals surface area contributed by atoms with E-state index in [9.17, 15) is 4.79 Å². The first-order chi connectivity index (χ1) is 5.57. The number of hydrogen-bond donors (Lipinski definition) is 4. The summed E-state index contributed by atoms with van der Waals surface area (Å²) in [7, 11) is 0. The number of ketones is 1. The summed E-state index contributed by atoms with van der Waals surface area (Å²) in [5.41, 5.74) is -0.0692. The molecule has 0 aliphatic heterocycles. The van der Waals surface area contributed by atoms with E-state index in [1.165, 1.54) is 0 Å². The SMILES string of the molecule is O=[13C]1[C@H](O)[13C@H](O)[C@H](O)[13CH]=[13C]1[13CH2]O. The molecule has 0 fully saturated rings. The van der Waals surface area contributed by atoms with E-state index in [1.807, 2.05) is 0 Å². The molecule has 0 spiro atoms. The van der Waals surface area contributed by atoms with Gasteiger partial charge in [-0.2, -0.15) is 0 Å². The van der Waals surface area contributed by atoms with Crippen molar-refractivity contribution in [3.05, 3.63) is 11.6 Å². The Morgan fingerprint density at radius 3 is 2.42 bits per heavy atom. The highest BCUT2D eigenvalue weighted by molar-refractivity contribution is 6.00. The van der Waals surface area contributed by atoms with Gasteiger partial charge in [0.1, 0.15) is 18.3 Å². The van der Waals surface area contributed by atoms with Crippen LogP contribution < -0.4 is 0 Å². The van der Waals surface area contributed by atoms with Gasteiger partial charge in [0.15, 0.2) is 5.78 Å². The maximum atomic E-state index is 11.0. The van der Waals surface area contributed by atoms with Gasteiger partial charge in [0.25, 0.3) is 0 Å². The molecule has 0 saturated carbocycles. The van der Waals surface area contributed by atoms with E-state index in [-0.39, 0.29) is 5.57 Å². The van der Waals surface area contributed by atoms with Gasteiger partial charge in [0, 0.05) is 5.57 Å². The zero-order valence-corrected chi connectivity index (χ0v) is 6.21. The molecule has 0 unspecified atom stereocenters. The van der Waals surface area contributed by atoms with E-state index in [1.54, 1.807) is 0 Å². The minimum atomic E-state index is -1.63. The molecule has 0 saturated heterocycles. The minimum Gasteiger partial charge on any atom is -0.392 e. The van der Waals surface area contributed by atoms with Gasteiger partial charge in [-0.15, -0.1) is 0 Å². The standard InChI is InChI=1S/C7H10O5/c8-2-3-1-4(9)6(11)7(12)5(3)10/h1,4,6-9,11-12H,2H2/t4-,6-,7+/m1/s1/i1+1,2+1,3+1,5+1,6+1. The van der Waals surface area contributed by atoms with Gasteiger partial charge in [-0.3, -0.25) is 4.79 Å². The fourth-order valence-electron chi connectivity index (χ4n) is 1.05. The second kappa shape index (κ2) is 3.32. The molecule has 0 aromatic heterocycles. The number of carbonyl (C=O) groups is 1. The first-order valence-electron chi connectivity index (χ1n) is 3.48. The summed E-state index contributed by atoms with van der Waals surface area (Å²) in [5.74, 6) is -0.740. The van der Waals surface area contributed by atoms with E-state index in [2.05, 4.69) is 0 Å². The molecule has 68 valence electrons. The van der Waals surface area contributed by atoms with Gasteiger partial charge in [-0.1, -0.05) is 0 Å². The van der Waals surface area contributed by atoms with Crippen molar-refractivity contribution in [3.63, 3.8) is 0 Å². The lowest BCUT2D eigenvalue weighted by Crippen LogP contribution is -2.46. The Hall–Kier alpha value is -0.750. The normalized spacial score (nSPS) is 36.5. The Labute approximate surface area is 68.6 Å². The molecule has 12 heavy (non-hydrogen) atoms. The van der Waals surface area contributed by atoms with Gasteiger partial charge in [-0.05, 0) is 6.08 Å². The fourth-order valence-corrected chi connectivity index (χ4v) is 1.05. The largest absolute Gasteiger partial charge is 0.392 e. The average molecular weight is 179 g/mol. The molecule has 5 heteroatoms. The second-order valence-electron chi connectivity index (χ2n) is 2.64. The Kier molecular flexibility index (Phi) is 2.58. The summed E-state index contributed by atoms with van der Waals surface area (Å²) in [6, 6.07) is 0. The number of Topliss-reactive ketones (excluding diaryl/α,β-unsaturated/α-hetero) is 1. The lowest BCUT2D eigenvalue weighted by atomic mass is 10.4. The maximum Gasteiger partial charge on any atom is 0.192 e. The van der Waals surface area contributed by atoms with Crippen LogP contribution in [0.3, 0.4) is 0 Å². The zero-order valence-electron chi connectivity index (χ0n) is 6.21. The van der Waals surface area contributed by atoms with Crippen molar-refractivity contribution in [1.82, 2.24) is 0 Å². The van der Waals surface area contributed by atoms with Crippen molar-refractivity contribution in [2.24, 2.45) is 0 Å². The predicted molar refractivity (Wildman–Crippen MR) is 38.2 cm³/mol. The number of aliphatic hydroxyl groups is 4. The van der Waals surface area contributed by atoms with Crippen LogP contribution in [0.15, 0.2) is 11.6 Å². The molecule has 1 rings (SSSR count). The van der Waals surface area contributed by atoms with Gasteiger partial charge in [0.2, 0.25) is 0 Å². The van der Waals surface area contributed by atoms with E-state index >= 15 is 0 Å². The van der Waals surface area contributed by atoms with Crippen LogP contribution in [0.2, 0.25) is 0 Å². The lowest BCUT2D eigenvalue weighted by molar-refractivity contribution is -0.135. The van der Waals surface area contributed by atoms with Gasteiger partial charge < -0.3 is 20.4 Å². The summed E-state index contributed by atoms with van der Waals surface area (Å²) in [5, 5.41) is 35.6. The first-order valence-corrected chi connectivity index (χ1v) is 3.48. The monoisotopic (exact) mass is 179 g/mol. The molecule has 3 atom stereocenters. The quantitative estimate of drug-likeness (QED) is 0.335. The van der Waals surface area contributed by atoms with Crippen molar-refractivity contribution in [3.8, 4) is 0 Å².